The van der Waals surface area contributed by atoms with Crippen LogP contribution < -0.4 is 5.32 Å². The van der Waals surface area contributed by atoms with Gasteiger partial charge in [0.25, 0.3) is 0 Å². The molecule has 4 amide bonds. The van der Waals surface area contributed by atoms with E-state index >= 15 is 0 Å². The molecule has 1 saturated carbocycles. The molecule has 1 aromatic rings. The first-order chi connectivity index (χ1) is 19.2. The van der Waals surface area contributed by atoms with E-state index in [9.17, 15) is 19.2 Å². The van der Waals surface area contributed by atoms with Gasteiger partial charge in [-0.3, -0.25) is 19.2 Å². The molecule has 2 fully saturated rings. The average molecular weight is 610 g/mol. The van der Waals surface area contributed by atoms with Crippen molar-refractivity contribution in [2.45, 2.75) is 63.1 Å². The third-order valence-electron chi connectivity index (χ3n) is 8.02. The van der Waals surface area contributed by atoms with Crippen LogP contribution in [0.25, 0.3) is 0 Å². The molecule has 2 aliphatic heterocycles. The van der Waals surface area contributed by atoms with Crippen LogP contribution in [0.4, 0.5) is 0 Å². The van der Waals surface area contributed by atoms with Gasteiger partial charge in [0.1, 0.15) is 12.1 Å². The fraction of sp³-hybridized carbons (Fsp3) is 0.586. The second kappa shape index (κ2) is 14.1. The molecule has 218 valence electrons. The average Bonchev–Trinajstić information content (AvgIpc) is 3.63. The van der Waals surface area contributed by atoms with E-state index in [2.05, 4.69) is 5.32 Å². The third kappa shape index (κ3) is 7.95. The van der Waals surface area contributed by atoms with Crippen molar-refractivity contribution >= 4 is 58.6 Å². The highest BCUT2D eigenvalue weighted by molar-refractivity contribution is 7.99. The van der Waals surface area contributed by atoms with Crippen LogP contribution >= 0.6 is 35.0 Å². The van der Waals surface area contributed by atoms with Crippen molar-refractivity contribution in [2.24, 2.45) is 5.92 Å². The molecular weight excluding hydrogens is 571 g/mol. The van der Waals surface area contributed by atoms with Gasteiger partial charge in [-0.1, -0.05) is 35.4 Å². The molecule has 40 heavy (non-hydrogen) atoms. The lowest BCUT2D eigenvalue weighted by Gasteiger charge is -2.34. The van der Waals surface area contributed by atoms with Crippen LogP contribution in [0.3, 0.4) is 0 Å². The molecule has 0 spiro atoms. The molecule has 3 aliphatic rings. The smallest absolute Gasteiger partial charge is 0.245 e. The van der Waals surface area contributed by atoms with E-state index < -0.39 is 23.9 Å². The monoisotopic (exact) mass is 608 g/mol. The Morgan fingerprint density at radius 2 is 1.93 bits per heavy atom. The van der Waals surface area contributed by atoms with Crippen molar-refractivity contribution in [3.63, 3.8) is 0 Å². The number of benzene rings is 1. The molecule has 1 N–H and O–H groups in total. The van der Waals surface area contributed by atoms with Crippen LogP contribution in [0.15, 0.2) is 30.4 Å². The van der Waals surface area contributed by atoms with Gasteiger partial charge < -0.3 is 20.0 Å². The number of nitrogens with zero attached hydrogens (tertiary/aromatic N) is 3. The van der Waals surface area contributed by atoms with E-state index in [1.54, 1.807) is 44.1 Å². The highest BCUT2D eigenvalue weighted by Gasteiger charge is 2.37. The molecule has 2 heterocycles. The van der Waals surface area contributed by atoms with Gasteiger partial charge in [-0.15, -0.1) is 0 Å². The summed E-state index contributed by atoms with van der Waals surface area (Å²) in [6.07, 6.45) is 8.88. The molecule has 11 heteroatoms. The third-order valence-corrected chi connectivity index (χ3v) is 9.67. The predicted octanol–water partition coefficient (Wildman–Crippen LogP) is 3.79. The molecule has 1 aromatic carbocycles. The maximum absolute atomic E-state index is 14.0. The summed E-state index contributed by atoms with van der Waals surface area (Å²) in [5.41, 5.74) is 0.678. The van der Waals surface area contributed by atoms with Crippen LogP contribution in [0, 0.1) is 5.92 Å². The van der Waals surface area contributed by atoms with E-state index in [1.165, 1.54) is 9.80 Å². The Morgan fingerprint density at radius 3 is 2.67 bits per heavy atom. The molecule has 2 unspecified atom stereocenters. The topological polar surface area (TPSA) is 90.0 Å². The minimum atomic E-state index is -0.808. The van der Waals surface area contributed by atoms with Gasteiger partial charge >= 0.3 is 0 Å². The first-order valence-electron chi connectivity index (χ1n) is 13.9. The van der Waals surface area contributed by atoms with Crippen molar-refractivity contribution in [3.8, 4) is 0 Å². The van der Waals surface area contributed by atoms with E-state index in [4.69, 9.17) is 23.2 Å². The fourth-order valence-corrected chi connectivity index (χ4v) is 6.68. The Labute approximate surface area is 250 Å². The normalized spacial score (nSPS) is 25.9. The Hall–Kier alpha value is -2.23. The largest absolute Gasteiger partial charge is 0.345 e. The minimum absolute atomic E-state index is 0.0614. The Morgan fingerprint density at radius 1 is 1.15 bits per heavy atom. The van der Waals surface area contributed by atoms with Crippen LogP contribution in [-0.4, -0.2) is 95.1 Å². The summed E-state index contributed by atoms with van der Waals surface area (Å²) in [6, 6.07) is 3.65. The summed E-state index contributed by atoms with van der Waals surface area (Å²) < 4.78 is 0. The van der Waals surface area contributed by atoms with Crippen molar-refractivity contribution in [1.29, 1.82) is 0 Å². The summed E-state index contributed by atoms with van der Waals surface area (Å²) in [6.45, 7) is 0.355. The Kier molecular flexibility index (Phi) is 10.8. The summed E-state index contributed by atoms with van der Waals surface area (Å²) in [5.74, 6) is 0.945. The number of carbonyl (C=O) groups is 4. The number of fused-ring (bicyclic) bond motifs is 1. The molecular formula is C29H38Cl2N4O4S. The van der Waals surface area contributed by atoms with Gasteiger partial charge in [0.15, 0.2) is 0 Å². The molecule has 0 bridgehead atoms. The standard InChI is InChI=1S/C29H38Cl2N4O4S/c1-33(26(36)14-19-8-9-19)24-7-3-4-13-40-18-22-6-5-12-35(22)29(39)25(34(2)27(37)17-32-28(24)38)16-20-15-21(30)10-11-23(20)31/h3-4,10-11,15,19,22,24-25H,5-9,12-14,16-18H2,1-2H3,(H,32,38)/b4-3+/t22?,24?,25-/m0/s1. The highest BCUT2D eigenvalue weighted by atomic mass is 35.5. The number of rotatable bonds is 5. The molecule has 8 nitrogen and oxygen atoms in total. The van der Waals surface area contributed by atoms with Crippen LogP contribution in [0.2, 0.25) is 10.0 Å². The van der Waals surface area contributed by atoms with Gasteiger partial charge in [0, 0.05) is 61.1 Å². The molecule has 1 saturated heterocycles. The number of thioether (sulfide) groups is 1. The Bertz CT molecular complexity index is 1150. The predicted molar refractivity (Wildman–Crippen MR) is 159 cm³/mol. The zero-order valence-corrected chi connectivity index (χ0v) is 25.4. The van der Waals surface area contributed by atoms with Crippen LogP contribution in [0.1, 0.15) is 44.1 Å². The Balaban J connectivity index is 1.57. The number of nitrogens with one attached hydrogen (secondary N) is 1. The number of hydrogen-bond acceptors (Lipinski definition) is 5. The molecule has 1 aliphatic carbocycles. The molecule has 3 atom stereocenters. The quantitative estimate of drug-likeness (QED) is 0.514. The van der Waals surface area contributed by atoms with Crippen LogP contribution in [-0.2, 0) is 25.6 Å². The second-order valence-corrected chi connectivity index (χ2v) is 12.8. The second-order valence-electron chi connectivity index (χ2n) is 10.9. The van der Waals surface area contributed by atoms with E-state index in [0.29, 0.717) is 40.9 Å². The lowest BCUT2D eigenvalue weighted by molar-refractivity contribution is -0.145. The van der Waals surface area contributed by atoms with Crippen LogP contribution in [0.5, 0.6) is 0 Å². The maximum Gasteiger partial charge on any atom is 0.245 e. The lowest BCUT2D eigenvalue weighted by atomic mass is 10.0. The molecule has 4 rings (SSSR count). The first-order valence-corrected chi connectivity index (χ1v) is 15.8. The summed E-state index contributed by atoms with van der Waals surface area (Å²) in [4.78, 5) is 58.2. The van der Waals surface area contributed by atoms with E-state index in [1.807, 2.05) is 17.1 Å². The summed E-state index contributed by atoms with van der Waals surface area (Å²) >= 11 is 14.4. The molecule has 0 radical (unpaired) electrons. The van der Waals surface area contributed by atoms with Gasteiger partial charge in [0.05, 0.1) is 6.54 Å². The van der Waals surface area contributed by atoms with Gasteiger partial charge in [-0.05, 0) is 61.8 Å². The van der Waals surface area contributed by atoms with Crippen molar-refractivity contribution in [2.75, 3.05) is 38.7 Å². The highest BCUT2D eigenvalue weighted by Crippen LogP contribution is 2.33. The van der Waals surface area contributed by atoms with Crippen molar-refractivity contribution in [3.05, 3.63) is 46.0 Å². The van der Waals surface area contributed by atoms with Gasteiger partial charge in [-0.2, -0.15) is 11.8 Å². The summed E-state index contributed by atoms with van der Waals surface area (Å²) in [7, 11) is 3.24. The lowest BCUT2D eigenvalue weighted by Crippen LogP contribution is -2.55. The number of carbonyl (C=O) groups excluding carboxylic acids is 4. The summed E-state index contributed by atoms with van der Waals surface area (Å²) in [5, 5.41) is 3.70. The van der Waals surface area contributed by atoms with E-state index in [0.717, 1.165) is 37.2 Å². The zero-order valence-electron chi connectivity index (χ0n) is 23.1. The van der Waals surface area contributed by atoms with Gasteiger partial charge in [-0.25, -0.2) is 0 Å². The molecule has 0 aromatic heterocycles. The SMILES string of the molecule is CN(C(=O)CC1CC1)C1C/C=C/CSCC2CCCN2C(=O)[C@H](Cc2cc(Cl)ccc2Cl)N(C)C(=O)CNC1=O. The number of amides is 4. The number of hydrogen-bond donors (Lipinski definition) is 1. The first kappa shape index (κ1) is 30.7. The van der Waals surface area contributed by atoms with Crippen molar-refractivity contribution < 1.29 is 19.2 Å². The minimum Gasteiger partial charge on any atom is -0.345 e. The fourth-order valence-electron chi connectivity index (χ4n) is 5.26. The van der Waals surface area contributed by atoms with E-state index in [-0.39, 0.29) is 30.8 Å². The number of halogens is 2. The van der Waals surface area contributed by atoms with Crippen molar-refractivity contribution in [1.82, 2.24) is 20.0 Å². The zero-order chi connectivity index (χ0) is 28.8. The van der Waals surface area contributed by atoms with Gasteiger partial charge in [0.2, 0.25) is 23.6 Å². The maximum atomic E-state index is 14.0. The number of likely N-dealkylation sites (N-methyl/N-ethyl adjacent to an activating group) is 2.